The second-order valence-corrected chi connectivity index (χ2v) is 3.87. The third kappa shape index (κ3) is 2.29. The van der Waals surface area contributed by atoms with Gasteiger partial charge in [0, 0.05) is 5.69 Å². The highest BCUT2D eigenvalue weighted by molar-refractivity contribution is 6.06. The van der Waals surface area contributed by atoms with E-state index in [1.54, 1.807) is 0 Å². The van der Waals surface area contributed by atoms with E-state index >= 15 is 0 Å². The number of anilines is 1. The lowest BCUT2D eigenvalue weighted by atomic mass is 10.1. The predicted molar refractivity (Wildman–Crippen MR) is 59.9 cm³/mol. The minimum atomic E-state index is -0.743. The van der Waals surface area contributed by atoms with E-state index in [1.807, 2.05) is 0 Å². The normalized spacial score (nSPS) is 15.5. The van der Waals surface area contributed by atoms with Crippen LogP contribution < -0.4 is 11.1 Å². The number of nitrogens with one attached hydrogen (secondary N) is 1. The summed E-state index contributed by atoms with van der Waals surface area (Å²) in [6.07, 6.45) is 0. The Hall–Kier alpha value is -2.44. The number of amides is 3. The van der Waals surface area contributed by atoms with E-state index in [0.29, 0.717) is 0 Å². The average Bonchev–Trinajstić information content (AvgIpc) is 2.30. The molecule has 1 aromatic rings. The van der Waals surface area contributed by atoms with Gasteiger partial charge in [-0.3, -0.25) is 19.7 Å². The maximum Gasteiger partial charge on any atom is 0.257 e. The maximum absolute atomic E-state index is 13.5. The number of rotatable bonds is 1. The molecule has 1 aromatic carbocycles. The molecule has 0 unspecified atom stereocenters. The van der Waals surface area contributed by atoms with Crippen LogP contribution in [-0.2, 0) is 9.59 Å². The van der Waals surface area contributed by atoms with E-state index < -0.39 is 23.5 Å². The molecule has 1 aliphatic heterocycles. The van der Waals surface area contributed by atoms with Crippen molar-refractivity contribution in [3.63, 3.8) is 0 Å². The van der Waals surface area contributed by atoms with Gasteiger partial charge in [0.2, 0.25) is 11.8 Å². The molecule has 0 bridgehead atoms. The quantitative estimate of drug-likeness (QED) is 0.520. The topological polar surface area (TPSA) is 92.5 Å². The molecule has 0 radical (unpaired) electrons. The molecule has 0 spiro atoms. The number of nitrogen functional groups attached to an aromatic ring is 1. The van der Waals surface area contributed by atoms with Crippen molar-refractivity contribution in [2.24, 2.45) is 0 Å². The molecule has 1 aliphatic rings. The van der Waals surface area contributed by atoms with Crippen LogP contribution in [0.3, 0.4) is 0 Å². The molecular formula is C11H10FN3O3. The molecule has 0 aliphatic carbocycles. The highest BCUT2D eigenvalue weighted by atomic mass is 19.1. The van der Waals surface area contributed by atoms with Crippen LogP contribution in [0.5, 0.6) is 0 Å². The van der Waals surface area contributed by atoms with Gasteiger partial charge < -0.3 is 10.6 Å². The molecule has 3 amide bonds. The molecule has 3 N–H and O–H groups in total. The van der Waals surface area contributed by atoms with Gasteiger partial charge in [0.1, 0.15) is 18.9 Å². The number of nitrogens with zero attached hydrogens (tertiary/aromatic N) is 1. The summed E-state index contributed by atoms with van der Waals surface area (Å²) >= 11 is 0. The summed E-state index contributed by atoms with van der Waals surface area (Å²) in [7, 11) is 0. The molecule has 18 heavy (non-hydrogen) atoms. The largest absolute Gasteiger partial charge is 0.399 e. The second-order valence-electron chi connectivity index (χ2n) is 3.87. The fourth-order valence-electron chi connectivity index (χ4n) is 1.66. The second kappa shape index (κ2) is 4.44. The van der Waals surface area contributed by atoms with Crippen LogP contribution in [0.2, 0.25) is 0 Å². The van der Waals surface area contributed by atoms with Gasteiger partial charge in [-0.25, -0.2) is 4.39 Å². The Morgan fingerprint density at radius 2 is 1.89 bits per heavy atom. The number of piperazine rings is 1. The fourth-order valence-corrected chi connectivity index (χ4v) is 1.66. The van der Waals surface area contributed by atoms with E-state index in [4.69, 9.17) is 5.73 Å². The minimum Gasteiger partial charge on any atom is -0.399 e. The Bertz CT molecular complexity index is 528. The first-order chi connectivity index (χ1) is 8.47. The van der Waals surface area contributed by atoms with E-state index in [9.17, 15) is 18.8 Å². The van der Waals surface area contributed by atoms with Crippen LogP contribution in [0.25, 0.3) is 0 Å². The average molecular weight is 251 g/mol. The highest BCUT2D eigenvalue weighted by Gasteiger charge is 2.28. The number of carbonyl (C=O) groups is 3. The molecular weight excluding hydrogens is 241 g/mol. The van der Waals surface area contributed by atoms with Crippen LogP contribution in [0.1, 0.15) is 10.4 Å². The van der Waals surface area contributed by atoms with Crippen molar-refractivity contribution in [2.75, 3.05) is 18.8 Å². The number of carbonyl (C=O) groups excluding carboxylic acids is 3. The third-order valence-corrected chi connectivity index (χ3v) is 2.46. The Morgan fingerprint density at radius 3 is 2.50 bits per heavy atom. The molecule has 6 nitrogen and oxygen atoms in total. The first kappa shape index (κ1) is 12.0. The molecule has 1 saturated heterocycles. The molecule has 1 fully saturated rings. The van der Waals surface area contributed by atoms with Gasteiger partial charge in [-0.05, 0) is 18.2 Å². The van der Waals surface area contributed by atoms with Crippen LogP contribution in [0.4, 0.5) is 10.1 Å². The summed E-state index contributed by atoms with van der Waals surface area (Å²) in [4.78, 5) is 35.2. The van der Waals surface area contributed by atoms with E-state index in [0.717, 1.165) is 11.0 Å². The van der Waals surface area contributed by atoms with Crippen molar-refractivity contribution < 1.29 is 18.8 Å². The summed E-state index contributed by atoms with van der Waals surface area (Å²) in [5.41, 5.74) is 5.44. The zero-order valence-electron chi connectivity index (χ0n) is 9.27. The van der Waals surface area contributed by atoms with Crippen LogP contribution in [0, 0.1) is 5.82 Å². The fraction of sp³-hybridized carbons (Fsp3) is 0.182. The monoisotopic (exact) mass is 251 g/mol. The minimum absolute atomic E-state index is 0.229. The number of benzene rings is 1. The number of hydrogen-bond donors (Lipinski definition) is 2. The molecule has 1 heterocycles. The Kier molecular flexibility index (Phi) is 2.97. The Morgan fingerprint density at radius 1 is 1.28 bits per heavy atom. The van der Waals surface area contributed by atoms with E-state index in [1.165, 1.54) is 12.1 Å². The van der Waals surface area contributed by atoms with Gasteiger partial charge >= 0.3 is 0 Å². The zero-order chi connectivity index (χ0) is 13.3. The first-order valence-corrected chi connectivity index (χ1v) is 5.14. The van der Waals surface area contributed by atoms with Crippen LogP contribution in [-0.4, -0.2) is 35.7 Å². The van der Waals surface area contributed by atoms with Gasteiger partial charge in [-0.15, -0.1) is 0 Å². The lowest BCUT2D eigenvalue weighted by Crippen LogP contribution is -2.53. The number of hydrogen-bond acceptors (Lipinski definition) is 4. The summed E-state index contributed by atoms with van der Waals surface area (Å²) in [5, 5.41) is 2.05. The summed E-state index contributed by atoms with van der Waals surface area (Å²) in [6, 6.07) is 3.56. The van der Waals surface area contributed by atoms with Crippen molar-refractivity contribution in [1.29, 1.82) is 0 Å². The SMILES string of the molecule is Nc1ccc(F)c(C(=O)N2CC(=O)NC(=O)C2)c1. The van der Waals surface area contributed by atoms with Gasteiger partial charge in [0.05, 0.1) is 5.56 Å². The molecule has 0 aromatic heterocycles. The first-order valence-electron chi connectivity index (χ1n) is 5.14. The molecule has 94 valence electrons. The lowest BCUT2D eigenvalue weighted by molar-refractivity contribution is -0.135. The van der Waals surface area contributed by atoms with Crippen molar-refractivity contribution in [1.82, 2.24) is 10.2 Å². The van der Waals surface area contributed by atoms with Gasteiger partial charge in [-0.2, -0.15) is 0 Å². The van der Waals surface area contributed by atoms with E-state index in [-0.39, 0.29) is 24.3 Å². The van der Waals surface area contributed by atoms with Crippen molar-refractivity contribution in [3.05, 3.63) is 29.6 Å². The molecule has 7 heteroatoms. The summed E-state index contributed by atoms with van der Waals surface area (Å²) in [5.74, 6) is -2.66. The van der Waals surface area contributed by atoms with Gasteiger partial charge in [0.15, 0.2) is 0 Å². The van der Waals surface area contributed by atoms with E-state index in [2.05, 4.69) is 5.32 Å². The number of nitrogens with two attached hydrogens (primary N) is 1. The van der Waals surface area contributed by atoms with Gasteiger partial charge in [0.25, 0.3) is 5.91 Å². The van der Waals surface area contributed by atoms with Gasteiger partial charge in [-0.1, -0.05) is 0 Å². The Balaban J connectivity index is 2.28. The standard InChI is InChI=1S/C11H10FN3O3/c12-8-2-1-6(13)3-7(8)11(18)15-4-9(16)14-10(17)5-15/h1-3H,4-5,13H2,(H,14,16,17). The predicted octanol–water partition coefficient (Wildman–Crippen LogP) is -0.494. The Labute approximate surface area is 102 Å². The van der Waals surface area contributed by atoms with Crippen LogP contribution in [0.15, 0.2) is 18.2 Å². The van der Waals surface area contributed by atoms with Crippen molar-refractivity contribution in [3.8, 4) is 0 Å². The smallest absolute Gasteiger partial charge is 0.257 e. The van der Waals surface area contributed by atoms with Crippen molar-refractivity contribution >= 4 is 23.4 Å². The summed E-state index contributed by atoms with van der Waals surface area (Å²) in [6.45, 7) is -0.558. The highest BCUT2D eigenvalue weighted by Crippen LogP contribution is 2.15. The summed E-state index contributed by atoms with van der Waals surface area (Å²) < 4.78 is 13.5. The number of imide groups is 1. The zero-order valence-corrected chi connectivity index (χ0v) is 9.27. The number of halogens is 1. The third-order valence-electron chi connectivity index (χ3n) is 2.46. The van der Waals surface area contributed by atoms with Crippen LogP contribution >= 0.6 is 0 Å². The van der Waals surface area contributed by atoms with Crippen molar-refractivity contribution in [2.45, 2.75) is 0 Å². The molecule has 2 rings (SSSR count). The maximum atomic E-state index is 13.5. The lowest BCUT2D eigenvalue weighted by Gasteiger charge is -2.25. The molecule has 0 saturated carbocycles. The molecule has 0 atom stereocenters.